The normalized spacial score (nSPS) is 34.5. The summed E-state index contributed by atoms with van der Waals surface area (Å²) in [5.41, 5.74) is 1.04. The predicted octanol–water partition coefficient (Wildman–Crippen LogP) is 4.72. The first kappa shape index (κ1) is 28.6. The SMILES string of the molecule is CCC/C=C/CC1C/C=C/C=C(C)/C=C/C=C\C(O)C(O)C(OC)C(C)/C=C/C=C/C(=O)N1. The van der Waals surface area contributed by atoms with E-state index in [2.05, 4.69) is 30.5 Å². The number of allylic oxidation sites excluding steroid dienone is 9. The van der Waals surface area contributed by atoms with Gasteiger partial charge in [-0.25, -0.2) is 0 Å². The van der Waals surface area contributed by atoms with Crippen LogP contribution < -0.4 is 5.32 Å². The van der Waals surface area contributed by atoms with Gasteiger partial charge in [0.1, 0.15) is 12.2 Å². The molecular weight excluding hydrogens is 414 g/mol. The summed E-state index contributed by atoms with van der Waals surface area (Å²) >= 11 is 0. The lowest BCUT2D eigenvalue weighted by Crippen LogP contribution is -2.41. The number of amides is 1. The average Bonchev–Trinajstić information content (AvgIpc) is 2.79. The molecule has 1 heterocycles. The molecule has 182 valence electrons. The summed E-state index contributed by atoms with van der Waals surface area (Å²) in [7, 11) is 1.51. The highest BCUT2D eigenvalue weighted by Gasteiger charge is 2.28. The monoisotopic (exact) mass is 455 g/mol. The van der Waals surface area contributed by atoms with Crippen molar-refractivity contribution in [1.29, 1.82) is 0 Å². The molecule has 0 aromatic carbocycles. The summed E-state index contributed by atoms with van der Waals surface area (Å²) in [5, 5.41) is 23.9. The van der Waals surface area contributed by atoms with Crippen LogP contribution in [0.25, 0.3) is 0 Å². The number of aliphatic hydroxyl groups excluding tert-OH is 2. The largest absolute Gasteiger partial charge is 0.387 e. The van der Waals surface area contributed by atoms with Crippen LogP contribution in [0.5, 0.6) is 0 Å². The molecule has 5 atom stereocenters. The fourth-order valence-electron chi connectivity index (χ4n) is 3.38. The topological polar surface area (TPSA) is 78.8 Å². The summed E-state index contributed by atoms with van der Waals surface area (Å²) < 4.78 is 5.43. The maximum absolute atomic E-state index is 12.4. The van der Waals surface area contributed by atoms with Gasteiger partial charge >= 0.3 is 0 Å². The minimum absolute atomic E-state index is 0.0155. The van der Waals surface area contributed by atoms with Gasteiger partial charge in [-0.3, -0.25) is 4.79 Å². The van der Waals surface area contributed by atoms with Crippen LogP contribution in [-0.4, -0.2) is 47.6 Å². The molecule has 0 aromatic rings. The smallest absolute Gasteiger partial charge is 0.244 e. The van der Waals surface area contributed by atoms with Crippen LogP contribution in [0, 0.1) is 5.92 Å². The number of rotatable bonds is 5. The minimum Gasteiger partial charge on any atom is -0.387 e. The lowest BCUT2D eigenvalue weighted by atomic mass is 9.95. The Labute approximate surface area is 199 Å². The van der Waals surface area contributed by atoms with Crippen LogP contribution in [0.3, 0.4) is 0 Å². The molecule has 3 N–H and O–H groups in total. The molecule has 0 saturated heterocycles. The van der Waals surface area contributed by atoms with Crippen molar-refractivity contribution >= 4 is 5.91 Å². The van der Waals surface area contributed by atoms with E-state index in [4.69, 9.17) is 4.74 Å². The molecule has 5 heteroatoms. The third kappa shape index (κ3) is 12.4. The lowest BCUT2D eigenvalue weighted by molar-refractivity contribution is -0.117. The Hall–Kier alpha value is -2.47. The third-order valence-electron chi connectivity index (χ3n) is 5.33. The standard InChI is InChI=1S/C28H41NO4/c1-5-6-7-8-18-24-19-12-9-15-22(2)16-10-13-20-25(30)27(32)28(33-4)23(3)17-11-14-21-26(31)29-24/h7-17,20-21,23-25,27-28,30,32H,5-6,18-19H2,1-4H3,(H,29,31)/b8-7+,12-9+,16-10+,17-11+,20-13-,21-14+,22-15+. The van der Waals surface area contributed by atoms with Gasteiger partial charge in [0.15, 0.2) is 0 Å². The van der Waals surface area contributed by atoms with E-state index in [1.54, 1.807) is 24.3 Å². The second-order valence-electron chi connectivity index (χ2n) is 8.30. The molecule has 5 unspecified atom stereocenters. The number of carbonyl (C=O) groups excluding carboxylic acids is 1. The number of ether oxygens (including phenoxy) is 1. The average molecular weight is 456 g/mol. The fraction of sp³-hybridized carbons (Fsp3) is 0.464. The second kappa shape index (κ2) is 17.1. The molecule has 0 bridgehead atoms. The molecule has 1 aliphatic heterocycles. The quantitative estimate of drug-likeness (QED) is 0.524. The van der Waals surface area contributed by atoms with Crippen molar-refractivity contribution in [3.8, 4) is 0 Å². The first-order valence-corrected chi connectivity index (χ1v) is 11.8. The van der Waals surface area contributed by atoms with Crippen LogP contribution in [-0.2, 0) is 9.53 Å². The molecule has 5 nitrogen and oxygen atoms in total. The van der Waals surface area contributed by atoms with Crippen molar-refractivity contribution < 1.29 is 19.7 Å². The third-order valence-corrected chi connectivity index (χ3v) is 5.33. The van der Waals surface area contributed by atoms with Gasteiger partial charge in [-0.15, -0.1) is 0 Å². The lowest BCUT2D eigenvalue weighted by Gasteiger charge is -2.27. The number of unbranched alkanes of at least 4 members (excludes halogenated alkanes) is 1. The van der Waals surface area contributed by atoms with E-state index in [0.717, 1.165) is 31.3 Å². The summed E-state index contributed by atoms with van der Waals surface area (Å²) in [6, 6.07) is 0.0155. The molecule has 1 rings (SSSR count). The van der Waals surface area contributed by atoms with Gasteiger partial charge in [-0.2, -0.15) is 0 Å². The zero-order valence-corrected chi connectivity index (χ0v) is 20.4. The Bertz CT molecular complexity index is 773. The molecule has 1 amide bonds. The molecule has 1 aliphatic rings. The number of hydrogen-bond acceptors (Lipinski definition) is 4. The van der Waals surface area contributed by atoms with Gasteiger partial charge in [0, 0.05) is 25.1 Å². The molecule has 0 radical (unpaired) electrons. The summed E-state index contributed by atoms with van der Waals surface area (Å²) in [6.07, 6.45) is 25.0. The second-order valence-corrected chi connectivity index (χ2v) is 8.30. The van der Waals surface area contributed by atoms with Crippen molar-refractivity contribution in [3.63, 3.8) is 0 Å². The van der Waals surface area contributed by atoms with Gasteiger partial charge in [-0.1, -0.05) is 98.8 Å². The summed E-state index contributed by atoms with van der Waals surface area (Å²) in [6.45, 7) is 6.02. The van der Waals surface area contributed by atoms with E-state index >= 15 is 0 Å². The highest BCUT2D eigenvalue weighted by molar-refractivity contribution is 5.88. The zero-order valence-electron chi connectivity index (χ0n) is 20.4. The van der Waals surface area contributed by atoms with Crippen LogP contribution >= 0.6 is 0 Å². The van der Waals surface area contributed by atoms with E-state index in [-0.39, 0.29) is 17.9 Å². The maximum atomic E-state index is 12.4. The number of methoxy groups -OCH3 is 1. The highest BCUT2D eigenvalue weighted by atomic mass is 16.5. The Morgan fingerprint density at radius 3 is 2.55 bits per heavy atom. The molecule has 0 saturated carbocycles. The van der Waals surface area contributed by atoms with Gasteiger partial charge in [0.25, 0.3) is 0 Å². The van der Waals surface area contributed by atoms with Crippen molar-refractivity contribution in [2.45, 2.75) is 70.8 Å². The molecule has 33 heavy (non-hydrogen) atoms. The highest BCUT2D eigenvalue weighted by Crippen LogP contribution is 2.16. The van der Waals surface area contributed by atoms with Crippen molar-refractivity contribution in [2.75, 3.05) is 7.11 Å². The van der Waals surface area contributed by atoms with Crippen LogP contribution in [0.15, 0.2) is 84.6 Å². The van der Waals surface area contributed by atoms with Crippen LogP contribution in [0.4, 0.5) is 0 Å². The Morgan fingerprint density at radius 1 is 1.09 bits per heavy atom. The number of hydrogen-bond donors (Lipinski definition) is 3. The van der Waals surface area contributed by atoms with Crippen molar-refractivity contribution in [1.82, 2.24) is 5.32 Å². The van der Waals surface area contributed by atoms with E-state index in [1.165, 1.54) is 13.2 Å². The molecule has 0 fully saturated rings. The van der Waals surface area contributed by atoms with E-state index in [0.29, 0.717) is 0 Å². The van der Waals surface area contributed by atoms with Crippen LogP contribution in [0.2, 0.25) is 0 Å². The van der Waals surface area contributed by atoms with Gasteiger partial charge in [0.2, 0.25) is 5.91 Å². The fourth-order valence-corrected chi connectivity index (χ4v) is 3.38. The number of carbonyl (C=O) groups is 1. The summed E-state index contributed by atoms with van der Waals surface area (Å²) in [4.78, 5) is 12.4. The number of aliphatic hydroxyl groups is 2. The van der Waals surface area contributed by atoms with Gasteiger partial charge in [0.05, 0.1) is 6.10 Å². The van der Waals surface area contributed by atoms with E-state index in [9.17, 15) is 15.0 Å². The first-order chi connectivity index (χ1) is 15.9. The minimum atomic E-state index is -1.08. The Balaban J connectivity index is 3.07. The summed E-state index contributed by atoms with van der Waals surface area (Å²) in [5.74, 6) is -0.323. The van der Waals surface area contributed by atoms with Gasteiger partial charge in [-0.05, 0) is 26.2 Å². The Kier molecular flexibility index (Phi) is 14.8. The maximum Gasteiger partial charge on any atom is 0.244 e. The zero-order chi connectivity index (χ0) is 24.5. The molecular formula is C28H41NO4. The van der Waals surface area contributed by atoms with Gasteiger partial charge < -0.3 is 20.3 Å². The first-order valence-electron chi connectivity index (χ1n) is 11.8. The van der Waals surface area contributed by atoms with E-state index < -0.39 is 18.3 Å². The molecule has 0 aromatic heterocycles. The number of nitrogens with one attached hydrogen (secondary N) is 1. The van der Waals surface area contributed by atoms with Crippen molar-refractivity contribution in [3.05, 3.63) is 84.6 Å². The van der Waals surface area contributed by atoms with Crippen LogP contribution in [0.1, 0.15) is 46.5 Å². The van der Waals surface area contributed by atoms with E-state index in [1.807, 2.05) is 44.2 Å². The molecule has 0 aliphatic carbocycles. The molecule has 0 spiro atoms. The van der Waals surface area contributed by atoms with Crippen molar-refractivity contribution in [2.24, 2.45) is 5.92 Å². The Morgan fingerprint density at radius 2 is 1.82 bits per heavy atom. The predicted molar refractivity (Wildman–Crippen MR) is 137 cm³/mol.